The number of hydrogen-bond donors (Lipinski definition) is 1. The fraction of sp³-hybridized carbons (Fsp3) is 0.700. The average Bonchev–Trinajstić information content (AvgIpc) is 2.48. The van der Waals surface area contributed by atoms with Crippen molar-refractivity contribution in [1.82, 2.24) is 0 Å². The lowest BCUT2D eigenvalue weighted by molar-refractivity contribution is 0.232. The van der Waals surface area contributed by atoms with Crippen LogP contribution in [-0.4, -0.2) is 0 Å². The number of benzene rings is 1. The van der Waals surface area contributed by atoms with Crippen molar-refractivity contribution >= 4 is 0 Å². The van der Waals surface area contributed by atoms with Gasteiger partial charge in [-0.2, -0.15) is 0 Å². The molecule has 1 heteroatoms. The van der Waals surface area contributed by atoms with Gasteiger partial charge in [-0.25, -0.2) is 0 Å². The van der Waals surface area contributed by atoms with Crippen LogP contribution < -0.4 is 5.73 Å². The fourth-order valence-electron chi connectivity index (χ4n) is 3.92. The number of aryl methyl sites for hydroxylation is 3. The van der Waals surface area contributed by atoms with Crippen LogP contribution in [0.1, 0.15) is 80.2 Å². The molecule has 1 aromatic carbocycles. The molecule has 1 aliphatic rings. The molecule has 1 aromatic rings. The Labute approximate surface area is 131 Å². The number of nitrogens with two attached hydrogens (primary N) is 1. The standard InChI is InChI=1S/C20H33N/c1-5-6-7-17-8-10-18(11-9-17)20(21)19-13-15(3)14(2)12-16(19)4/h12-13,17-18,20H,5-11,21H2,1-4H3. The summed E-state index contributed by atoms with van der Waals surface area (Å²) in [6.45, 7) is 8.90. The number of rotatable bonds is 5. The molecular formula is C20H33N. The largest absolute Gasteiger partial charge is 0.324 e. The van der Waals surface area contributed by atoms with Crippen molar-refractivity contribution in [2.75, 3.05) is 0 Å². The molecule has 1 unspecified atom stereocenters. The highest BCUT2D eigenvalue weighted by Gasteiger charge is 2.27. The molecule has 2 N–H and O–H groups in total. The molecule has 0 heterocycles. The van der Waals surface area contributed by atoms with Gasteiger partial charge >= 0.3 is 0 Å². The molecule has 0 amide bonds. The Balaban J connectivity index is 1.99. The molecule has 0 spiro atoms. The minimum Gasteiger partial charge on any atom is -0.324 e. The van der Waals surface area contributed by atoms with Crippen molar-refractivity contribution < 1.29 is 0 Å². The maximum absolute atomic E-state index is 6.64. The van der Waals surface area contributed by atoms with Gasteiger partial charge in [-0.05, 0) is 67.7 Å². The molecular weight excluding hydrogens is 254 g/mol. The maximum atomic E-state index is 6.64. The summed E-state index contributed by atoms with van der Waals surface area (Å²) < 4.78 is 0. The highest BCUT2D eigenvalue weighted by molar-refractivity contribution is 5.38. The van der Waals surface area contributed by atoms with Crippen LogP contribution in [0.4, 0.5) is 0 Å². The second-order valence-corrected chi connectivity index (χ2v) is 7.24. The molecule has 118 valence electrons. The molecule has 1 aliphatic carbocycles. The van der Waals surface area contributed by atoms with Crippen LogP contribution >= 0.6 is 0 Å². The van der Waals surface area contributed by atoms with Gasteiger partial charge in [0.15, 0.2) is 0 Å². The molecule has 0 bridgehead atoms. The van der Waals surface area contributed by atoms with Gasteiger partial charge in [-0.15, -0.1) is 0 Å². The van der Waals surface area contributed by atoms with Crippen molar-refractivity contribution in [3.63, 3.8) is 0 Å². The lowest BCUT2D eigenvalue weighted by atomic mass is 9.75. The normalized spacial score (nSPS) is 24.0. The van der Waals surface area contributed by atoms with E-state index in [4.69, 9.17) is 5.73 Å². The first kappa shape index (κ1) is 16.5. The maximum Gasteiger partial charge on any atom is 0.0326 e. The predicted molar refractivity (Wildman–Crippen MR) is 92.6 cm³/mol. The summed E-state index contributed by atoms with van der Waals surface area (Å²) in [7, 11) is 0. The van der Waals surface area contributed by atoms with Crippen LogP contribution in [0, 0.1) is 32.6 Å². The fourth-order valence-corrected chi connectivity index (χ4v) is 3.92. The smallest absolute Gasteiger partial charge is 0.0326 e. The third-order valence-electron chi connectivity index (χ3n) is 5.61. The van der Waals surface area contributed by atoms with Gasteiger partial charge in [0.1, 0.15) is 0 Å². The monoisotopic (exact) mass is 287 g/mol. The van der Waals surface area contributed by atoms with Crippen molar-refractivity contribution in [3.05, 3.63) is 34.4 Å². The summed E-state index contributed by atoms with van der Waals surface area (Å²) in [5.41, 5.74) is 12.2. The Morgan fingerprint density at radius 1 is 1.00 bits per heavy atom. The molecule has 21 heavy (non-hydrogen) atoms. The summed E-state index contributed by atoms with van der Waals surface area (Å²) in [5, 5.41) is 0. The summed E-state index contributed by atoms with van der Waals surface area (Å²) >= 11 is 0. The predicted octanol–water partition coefficient (Wildman–Crippen LogP) is 5.61. The van der Waals surface area contributed by atoms with E-state index in [1.165, 1.54) is 67.2 Å². The van der Waals surface area contributed by atoms with Crippen molar-refractivity contribution in [1.29, 1.82) is 0 Å². The number of hydrogen-bond acceptors (Lipinski definition) is 1. The average molecular weight is 287 g/mol. The van der Waals surface area contributed by atoms with Gasteiger partial charge in [0.2, 0.25) is 0 Å². The molecule has 1 nitrogen and oxygen atoms in total. The Bertz CT molecular complexity index is 455. The second kappa shape index (κ2) is 7.45. The third kappa shape index (κ3) is 4.10. The molecule has 0 aliphatic heterocycles. The summed E-state index contributed by atoms with van der Waals surface area (Å²) in [6, 6.07) is 4.87. The first-order valence-electron chi connectivity index (χ1n) is 8.86. The van der Waals surface area contributed by atoms with Gasteiger partial charge in [-0.3, -0.25) is 0 Å². The molecule has 1 saturated carbocycles. The van der Waals surface area contributed by atoms with Gasteiger partial charge in [0.25, 0.3) is 0 Å². The van der Waals surface area contributed by atoms with Crippen LogP contribution in [-0.2, 0) is 0 Å². The van der Waals surface area contributed by atoms with E-state index in [-0.39, 0.29) is 6.04 Å². The third-order valence-corrected chi connectivity index (χ3v) is 5.61. The SMILES string of the molecule is CCCCC1CCC(C(N)c2cc(C)c(C)cc2C)CC1. The van der Waals surface area contributed by atoms with Gasteiger partial charge in [0, 0.05) is 6.04 Å². The van der Waals surface area contributed by atoms with Gasteiger partial charge in [-0.1, -0.05) is 51.2 Å². The van der Waals surface area contributed by atoms with Gasteiger partial charge < -0.3 is 5.73 Å². The zero-order chi connectivity index (χ0) is 15.4. The molecule has 2 rings (SSSR count). The van der Waals surface area contributed by atoms with Crippen molar-refractivity contribution in [3.8, 4) is 0 Å². The van der Waals surface area contributed by atoms with Crippen LogP contribution in [0.25, 0.3) is 0 Å². The summed E-state index contributed by atoms with van der Waals surface area (Å²) in [6.07, 6.45) is 9.59. The summed E-state index contributed by atoms with van der Waals surface area (Å²) in [5.74, 6) is 1.65. The van der Waals surface area contributed by atoms with E-state index in [1.54, 1.807) is 0 Å². The van der Waals surface area contributed by atoms with Crippen molar-refractivity contribution in [2.45, 2.75) is 78.7 Å². The Morgan fingerprint density at radius 2 is 1.62 bits per heavy atom. The zero-order valence-corrected chi connectivity index (χ0v) is 14.4. The summed E-state index contributed by atoms with van der Waals surface area (Å²) in [4.78, 5) is 0. The van der Waals surface area contributed by atoms with E-state index >= 15 is 0 Å². The van der Waals surface area contributed by atoms with Crippen molar-refractivity contribution in [2.24, 2.45) is 17.6 Å². The molecule has 1 fully saturated rings. The van der Waals surface area contributed by atoms with Crippen LogP contribution in [0.5, 0.6) is 0 Å². The lowest BCUT2D eigenvalue weighted by Gasteiger charge is -2.33. The molecule has 1 atom stereocenters. The van der Waals surface area contributed by atoms with E-state index < -0.39 is 0 Å². The van der Waals surface area contributed by atoms with Crippen LogP contribution in [0.3, 0.4) is 0 Å². The van der Waals surface area contributed by atoms with Gasteiger partial charge in [0.05, 0.1) is 0 Å². The molecule has 0 aromatic heterocycles. The van der Waals surface area contributed by atoms with E-state index in [0.29, 0.717) is 5.92 Å². The minimum absolute atomic E-state index is 0.233. The minimum atomic E-state index is 0.233. The van der Waals surface area contributed by atoms with Crippen LogP contribution in [0.2, 0.25) is 0 Å². The quantitative estimate of drug-likeness (QED) is 0.748. The second-order valence-electron chi connectivity index (χ2n) is 7.24. The highest BCUT2D eigenvalue weighted by Crippen LogP contribution is 2.38. The number of unbranched alkanes of at least 4 members (excludes halogenated alkanes) is 1. The van der Waals surface area contributed by atoms with E-state index in [0.717, 1.165) is 5.92 Å². The molecule has 0 saturated heterocycles. The lowest BCUT2D eigenvalue weighted by Crippen LogP contribution is -2.26. The van der Waals surface area contributed by atoms with E-state index in [2.05, 4.69) is 39.8 Å². The Morgan fingerprint density at radius 3 is 2.24 bits per heavy atom. The first-order chi connectivity index (χ1) is 10.0. The topological polar surface area (TPSA) is 26.0 Å². The molecule has 0 radical (unpaired) electrons. The highest BCUT2D eigenvalue weighted by atomic mass is 14.7. The Kier molecular flexibility index (Phi) is 5.87. The zero-order valence-electron chi connectivity index (χ0n) is 14.4. The van der Waals surface area contributed by atoms with E-state index in [1.807, 2.05) is 0 Å². The van der Waals surface area contributed by atoms with Crippen LogP contribution in [0.15, 0.2) is 12.1 Å². The van der Waals surface area contributed by atoms with E-state index in [9.17, 15) is 0 Å². The first-order valence-corrected chi connectivity index (χ1v) is 8.86. The Hall–Kier alpha value is -0.820.